The highest BCUT2D eigenvalue weighted by Gasteiger charge is 2.29. The molecule has 0 amide bonds. The molecule has 3 rings (SSSR count). The summed E-state index contributed by atoms with van der Waals surface area (Å²) in [6.07, 6.45) is 11.0. The summed E-state index contributed by atoms with van der Waals surface area (Å²) in [6, 6.07) is 3.72. The third-order valence-electron chi connectivity index (χ3n) is 3.58. The predicted molar refractivity (Wildman–Crippen MR) is 72.3 cm³/mol. The third-order valence-corrected chi connectivity index (χ3v) is 3.58. The van der Waals surface area contributed by atoms with Crippen LogP contribution in [0.5, 0.6) is 0 Å². The van der Waals surface area contributed by atoms with Gasteiger partial charge in [-0.15, -0.1) is 0 Å². The van der Waals surface area contributed by atoms with Gasteiger partial charge in [-0.3, -0.25) is 4.98 Å². The second kappa shape index (κ2) is 5.34. The maximum atomic E-state index is 11.8. The summed E-state index contributed by atoms with van der Waals surface area (Å²) < 4.78 is 5.31. The molecule has 2 heterocycles. The van der Waals surface area contributed by atoms with E-state index in [0.717, 1.165) is 18.4 Å². The van der Waals surface area contributed by atoms with Gasteiger partial charge in [-0.25, -0.2) is 9.79 Å². The second-order valence-electron chi connectivity index (χ2n) is 4.99. The number of cyclic esters (lactones) is 1. The van der Waals surface area contributed by atoms with Crippen LogP contribution in [0.15, 0.2) is 35.2 Å². The zero-order valence-corrected chi connectivity index (χ0v) is 10.7. The second-order valence-corrected chi connectivity index (χ2v) is 4.99. The quantitative estimate of drug-likeness (QED) is 0.604. The number of aliphatic imine (C=N–C) groups is 1. The first-order chi connectivity index (χ1) is 9.33. The van der Waals surface area contributed by atoms with Crippen LogP contribution >= 0.6 is 0 Å². The molecule has 1 aromatic heterocycles. The van der Waals surface area contributed by atoms with Crippen LogP contribution in [0, 0.1) is 5.92 Å². The fraction of sp³-hybridized carbons (Fsp3) is 0.400. The average Bonchev–Trinajstić information content (AvgIpc) is 2.82. The van der Waals surface area contributed by atoms with Gasteiger partial charge in [0, 0.05) is 18.3 Å². The standard InChI is InChI=1S/C15H16N2O2/c18-15-13(9-11-5-4-8-16-10-11)17-14(19-15)12-6-2-1-3-7-12/h4-5,8-10,12H,1-3,6-7H2/b13-9+. The molecule has 1 fully saturated rings. The van der Waals surface area contributed by atoms with Gasteiger partial charge in [0.2, 0.25) is 5.90 Å². The number of hydrogen-bond acceptors (Lipinski definition) is 4. The van der Waals surface area contributed by atoms with Crippen molar-refractivity contribution in [3.8, 4) is 0 Å². The number of hydrogen-bond donors (Lipinski definition) is 0. The molecule has 0 bridgehead atoms. The lowest BCUT2D eigenvalue weighted by Crippen LogP contribution is -2.19. The Hall–Kier alpha value is -1.97. The Balaban J connectivity index is 1.81. The molecule has 1 aliphatic carbocycles. The van der Waals surface area contributed by atoms with Crippen molar-refractivity contribution in [2.24, 2.45) is 10.9 Å². The number of carbonyl (C=O) groups is 1. The molecule has 1 aliphatic heterocycles. The number of pyridine rings is 1. The molecule has 0 N–H and O–H groups in total. The first-order valence-corrected chi connectivity index (χ1v) is 6.75. The summed E-state index contributed by atoms with van der Waals surface area (Å²) >= 11 is 0. The fourth-order valence-electron chi connectivity index (χ4n) is 2.57. The molecule has 0 atom stereocenters. The molecule has 0 radical (unpaired) electrons. The van der Waals surface area contributed by atoms with E-state index in [9.17, 15) is 4.79 Å². The summed E-state index contributed by atoms with van der Waals surface area (Å²) in [7, 11) is 0. The summed E-state index contributed by atoms with van der Waals surface area (Å²) in [5.41, 5.74) is 1.25. The van der Waals surface area contributed by atoms with Crippen molar-refractivity contribution < 1.29 is 9.53 Å². The lowest BCUT2D eigenvalue weighted by Gasteiger charge is -2.19. The summed E-state index contributed by atoms with van der Waals surface area (Å²) in [6.45, 7) is 0. The van der Waals surface area contributed by atoms with E-state index in [1.54, 1.807) is 18.5 Å². The number of aromatic nitrogens is 1. The highest BCUT2D eigenvalue weighted by Crippen LogP contribution is 2.29. The van der Waals surface area contributed by atoms with Gasteiger partial charge in [0.1, 0.15) is 0 Å². The number of esters is 1. The fourth-order valence-corrected chi connectivity index (χ4v) is 2.57. The Morgan fingerprint density at radius 3 is 2.84 bits per heavy atom. The van der Waals surface area contributed by atoms with Gasteiger partial charge in [-0.1, -0.05) is 25.3 Å². The number of nitrogens with zero attached hydrogens (tertiary/aromatic N) is 2. The zero-order valence-electron chi connectivity index (χ0n) is 10.7. The minimum Gasteiger partial charge on any atom is -0.406 e. The normalized spacial score (nSPS) is 22.4. The van der Waals surface area contributed by atoms with Crippen LogP contribution in [0.4, 0.5) is 0 Å². The van der Waals surface area contributed by atoms with Gasteiger partial charge in [0.05, 0.1) is 0 Å². The van der Waals surface area contributed by atoms with Crippen molar-refractivity contribution in [2.45, 2.75) is 32.1 Å². The molecule has 4 heteroatoms. The van der Waals surface area contributed by atoms with E-state index in [4.69, 9.17) is 4.74 Å². The van der Waals surface area contributed by atoms with Gasteiger partial charge >= 0.3 is 5.97 Å². The summed E-state index contributed by atoms with van der Waals surface area (Å²) in [5, 5.41) is 0. The molecule has 19 heavy (non-hydrogen) atoms. The molecule has 0 spiro atoms. The first kappa shape index (κ1) is 12.1. The van der Waals surface area contributed by atoms with E-state index >= 15 is 0 Å². The third kappa shape index (κ3) is 2.72. The molecular weight excluding hydrogens is 240 g/mol. The van der Waals surface area contributed by atoms with Gasteiger partial charge in [0.15, 0.2) is 5.70 Å². The molecule has 1 saturated carbocycles. The van der Waals surface area contributed by atoms with Crippen molar-refractivity contribution in [2.75, 3.05) is 0 Å². The van der Waals surface area contributed by atoms with Gasteiger partial charge in [0.25, 0.3) is 0 Å². The lowest BCUT2D eigenvalue weighted by molar-refractivity contribution is -0.130. The minimum atomic E-state index is -0.343. The van der Waals surface area contributed by atoms with Crippen LogP contribution in [0.2, 0.25) is 0 Å². The van der Waals surface area contributed by atoms with Crippen LogP contribution in [0.1, 0.15) is 37.7 Å². The molecule has 98 valence electrons. The van der Waals surface area contributed by atoms with Crippen LogP contribution in [-0.2, 0) is 9.53 Å². The van der Waals surface area contributed by atoms with Crippen LogP contribution in [0.3, 0.4) is 0 Å². The Kier molecular flexibility index (Phi) is 3.40. The maximum absolute atomic E-state index is 11.8. The number of carbonyl (C=O) groups excluding carboxylic acids is 1. The van der Waals surface area contributed by atoms with Crippen LogP contribution in [0.25, 0.3) is 6.08 Å². The van der Waals surface area contributed by atoms with Crippen molar-refractivity contribution in [3.63, 3.8) is 0 Å². The molecule has 1 aromatic rings. The topological polar surface area (TPSA) is 51.5 Å². The molecule has 4 nitrogen and oxygen atoms in total. The maximum Gasteiger partial charge on any atom is 0.363 e. The van der Waals surface area contributed by atoms with Gasteiger partial charge in [-0.2, -0.15) is 0 Å². The van der Waals surface area contributed by atoms with Crippen molar-refractivity contribution in [1.29, 1.82) is 0 Å². The van der Waals surface area contributed by atoms with E-state index in [0.29, 0.717) is 17.5 Å². The van der Waals surface area contributed by atoms with Crippen molar-refractivity contribution >= 4 is 17.9 Å². The molecule has 0 aromatic carbocycles. The minimum absolute atomic E-state index is 0.317. The van der Waals surface area contributed by atoms with Gasteiger partial charge < -0.3 is 4.74 Å². The van der Waals surface area contributed by atoms with Crippen LogP contribution < -0.4 is 0 Å². The van der Waals surface area contributed by atoms with E-state index in [1.165, 1.54) is 19.3 Å². The number of ether oxygens (including phenoxy) is 1. The first-order valence-electron chi connectivity index (χ1n) is 6.75. The molecule has 2 aliphatic rings. The Morgan fingerprint density at radius 2 is 2.11 bits per heavy atom. The van der Waals surface area contributed by atoms with Crippen LogP contribution in [-0.4, -0.2) is 16.9 Å². The SMILES string of the molecule is O=C1OC(C2CCCCC2)=N/C1=C/c1cccnc1. The Labute approximate surface area is 112 Å². The molecular formula is C15H16N2O2. The molecule has 0 unspecified atom stereocenters. The predicted octanol–water partition coefficient (Wildman–Crippen LogP) is 2.96. The van der Waals surface area contributed by atoms with Crippen molar-refractivity contribution in [1.82, 2.24) is 4.98 Å². The smallest absolute Gasteiger partial charge is 0.363 e. The summed E-state index contributed by atoms with van der Waals surface area (Å²) in [4.78, 5) is 20.2. The Bertz CT molecular complexity index is 528. The van der Waals surface area contributed by atoms with Gasteiger partial charge in [-0.05, 0) is 30.5 Å². The lowest BCUT2D eigenvalue weighted by atomic mass is 9.89. The highest BCUT2D eigenvalue weighted by atomic mass is 16.6. The van der Waals surface area contributed by atoms with E-state index in [1.807, 2.05) is 12.1 Å². The van der Waals surface area contributed by atoms with E-state index in [-0.39, 0.29) is 5.97 Å². The zero-order chi connectivity index (χ0) is 13.1. The van der Waals surface area contributed by atoms with E-state index < -0.39 is 0 Å². The average molecular weight is 256 g/mol. The summed E-state index contributed by atoms with van der Waals surface area (Å²) in [5.74, 6) is 0.585. The van der Waals surface area contributed by atoms with Crippen molar-refractivity contribution in [3.05, 3.63) is 35.8 Å². The van der Waals surface area contributed by atoms with E-state index in [2.05, 4.69) is 9.98 Å². The largest absolute Gasteiger partial charge is 0.406 e. The molecule has 0 saturated heterocycles. The Morgan fingerprint density at radius 1 is 1.26 bits per heavy atom. The number of rotatable bonds is 2. The highest BCUT2D eigenvalue weighted by molar-refractivity contribution is 6.07. The monoisotopic (exact) mass is 256 g/mol.